The normalized spacial score (nSPS) is 10.6. The lowest BCUT2D eigenvalue weighted by atomic mass is 10.1. The number of nitrogens with one attached hydrogen (secondary N) is 1. The molecule has 0 bridgehead atoms. The number of imidazole rings is 1. The first-order valence-electron chi connectivity index (χ1n) is 9.11. The van der Waals surface area contributed by atoms with Gasteiger partial charge in [-0.1, -0.05) is 67.2 Å². The van der Waals surface area contributed by atoms with Crippen molar-refractivity contribution in [2.45, 2.75) is 33.4 Å². The van der Waals surface area contributed by atoms with Crippen molar-refractivity contribution in [3.63, 3.8) is 0 Å². The number of aromatic nitrogens is 2. The van der Waals surface area contributed by atoms with E-state index < -0.39 is 0 Å². The molecule has 4 heteroatoms. The molecule has 0 saturated heterocycles. The van der Waals surface area contributed by atoms with Crippen LogP contribution in [0.5, 0.6) is 0 Å². The molecule has 1 aromatic heterocycles. The molecule has 2 aromatic carbocycles. The molecule has 3 rings (SSSR count). The molecule has 27 heavy (non-hydrogen) atoms. The summed E-state index contributed by atoms with van der Waals surface area (Å²) in [5.41, 5.74) is 4.98. The summed E-state index contributed by atoms with van der Waals surface area (Å²) in [5.74, 6) is 0.806. The van der Waals surface area contributed by atoms with E-state index in [-0.39, 0.29) is 5.91 Å². The first-order valence-corrected chi connectivity index (χ1v) is 9.11. The van der Waals surface area contributed by atoms with Crippen LogP contribution < -0.4 is 5.32 Å². The van der Waals surface area contributed by atoms with Crippen LogP contribution in [0.25, 0.3) is 0 Å². The topological polar surface area (TPSA) is 46.9 Å². The van der Waals surface area contributed by atoms with Gasteiger partial charge in [-0.05, 0) is 25.0 Å². The van der Waals surface area contributed by atoms with Gasteiger partial charge in [0.25, 0.3) is 0 Å². The lowest BCUT2D eigenvalue weighted by Crippen LogP contribution is -2.24. The third-order valence-corrected chi connectivity index (χ3v) is 4.55. The van der Waals surface area contributed by atoms with Gasteiger partial charge < -0.3 is 9.88 Å². The Morgan fingerprint density at radius 3 is 2.22 bits per heavy atom. The number of benzene rings is 2. The number of aryl methyl sites for hydroxylation is 1. The number of hydrogen-bond donors (Lipinski definition) is 1. The van der Waals surface area contributed by atoms with Gasteiger partial charge in [0, 0.05) is 24.2 Å². The van der Waals surface area contributed by atoms with Crippen molar-refractivity contribution in [3.8, 4) is 0 Å². The standard InChI is InChI=1S/C23H25N3O/c1-17(2)23(27)24-15-21-22(14-19-10-6-4-7-11-19)26(18(3)25-21)16-20-12-8-5-9-13-20/h4-13H,1,14-16H2,2-3H3,(H,24,27). The Bertz CT molecular complexity index is 927. The molecule has 0 spiro atoms. The van der Waals surface area contributed by atoms with Gasteiger partial charge in [-0.2, -0.15) is 0 Å². The van der Waals surface area contributed by atoms with E-state index >= 15 is 0 Å². The Kier molecular flexibility index (Phi) is 5.87. The van der Waals surface area contributed by atoms with Crippen molar-refractivity contribution in [2.24, 2.45) is 0 Å². The average molecular weight is 359 g/mol. The minimum absolute atomic E-state index is 0.143. The molecule has 0 atom stereocenters. The summed E-state index contributed by atoms with van der Waals surface area (Å²) in [5, 5.41) is 2.91. The molecule has 4 nitrogen and oxygen atoms in total. The third-order valence-electron chi connectivity index (χ3n) is 4.55. The maximum Gasteiger partial charge on any atom is 0.246 e. The fourth-order valence-electron chi connectivity index (χ4n) is 3.09. The molecule has 0 radical (unpaired) electrons. The van der Waals surface area contributed by atoms with E-state index in [0.29, 0.717) is 12.1 Å². The Morgan fingerprint density at radius 1 is 1.04 bits per heavy atom. The van der Waals surface area contributed by atoms with E-state index in [9.17, 15) is 4.79 Å². The summed E-state index contributed by atoms with van der Waals surface area (Å²) in [4.78, 5) is 16.7. The zero-order valence-corrected chi connectivity index (χ0v) is 15.9. The van der Waals surface area contributed by atoms with Crippen LogP contribution in [0.15, 0.2) is 72.8 Å². The fraction of sp³-hybridized carbons (Fsp3) is 0.217. The molecule has 0 unspecified atom stereocenters. The van der Waals surface area contributed by atoms with Gasteiger partial charge in [0.15, 0.2) is 0 Å². The van der Waals surface area contributed by atoms with E-state index in [2.05, 4.69) is 40.7 Å². The van der Waals surface area contributed by atoms with E-state index in [1.807, 2.05) is 43.3 Å². The predicted molar refractivity (Wildman–Crippen MR) is 108 cm³/mol. The second-order valence-corrected chi connectivity index (χ2v) is 6.75. The Balaban J connectivity index is 1.93. The zero-order chi connectivity index (χ0) is 19.2. The van der Waals surface area contributed by atoms with Crippen LogP contribution in [-0.2, 0) is 24.3 Å². The largest absolute Gasteiger partial charge is 0.347 e. The van der Waals surface area contributed by atoms with Crippen LogP contribution in [0.2, 0.25) is 0 Å². The molecule has 0 aliphatic heterocycles. The third kappa shape index (κ3) is 4.73. The van der Waals surface area contributed by atoms with E-state index in [0.717, 1.165) is 30.2 Å². The van der Waals surface area contributed by atoms with Crippen molar-refractivity contribution in [3.05, 3.63) is 101 Å². The van der Waals surface area contributed by atoms with Crippen molar-refractivity contribution in [1.29, 1.82) is 0 Å². The van der Waals surface area contributed by atoms with Crippen LogP contribution in [0.1, 0.15) is 35.3 Å². The summed E-state index contributed by atoms with van der Waals surface area (Å²) in [6.07, 6.45) is 0.771. The minimum atomic E-state index is -0.143. The van der Waals surface area contributed by atoms with Crippen LogP contribution in [0.3, 0.4) is 0 Å². The molecule has 1 heterocycles. The summed E-state index contributed by atoms with van der Waals surface area (Å²) in [6, 6.07) is 20.7. The van der Waals surface area contributed by atoms with Gasteiger partial charge in [-0.15, -0.1) is 0 Å². The predicted octanol–water partition coefficient (Wildman–Crippen LogP) is 4.02. The highest BCUT2D eigenvalue weighted by Crippen LogP contribution is 2.19. The van der Waals surface area contributed by atoms with Gasteiger partial charge in [-0.25, -0.2) is 4.98 Å². The lowest BCUT2D eigenvalue weighted by Gasteiger charge is -2.13. The highest BCUT2D eigenvalue weighted by atomic mass is 16.1. The molecular weight excluding hydrogens is 334 g/mol. The summed E-state index contributed by atoms with van der Waals surface area (Å²) >= 11 is 0. The molecule has 0 saturated carbocycles. The molecule has 0 aliphatic carbocycles. The lowest BCUT2D eigenvalue weighted by molar-refractivity contribution is -0.117. The number of carbonyl (C=O) groups is 1. The second kappa shape index (κ2) is 8.49. The molecule has 0 fully saturated rings. The van der Waals surface area contributed by atoms with E-state index in [1.165, 1.54) is 11.1 Å². The quantitative estimate of drug-likeness (QED) is 0.648. The first-order chi connectivity index (χ1) is 13.0. The van der Waals surface area contributed by atoms with E-state index in [4.69, 9.17) is 4.98 Å². The summed E-state index contributed by atoms with van der Waals surface area (Å²) < 4.78 is 2.24. The van der Waals surface area contributed by atoms with Gasteiger partial charge >= 0.3 is 0 Å². The van der Waals surface area contributed by atoms with Crippen molar-refractivity contribution < 1.29 is 4.79 Å². The number of rotatable bonds is 7. The van der Waals surface area contributed by atoms with Gasteiger partial charge in [0.1, 0.15) is 5.82 Å². The Morgan fingerprint density at radius 2 is 1.63 bits per heavy atom. The molecule has 1 N–H and O–H groups in total. The maximum atomic E-state index is 11.9. The van der Waals surface area contributed by atoms with Crippen molar-refractivity contribution in [1.82, 2.24) is 14.9 Å². The van der Waals surface area contributed by atoms with Crippen molar-refractivity contribution in [2.75, 3.05) is 0 Å². The first kappa shape index (κ1) is 18.6. The van der Waals surface area contributed by atoms with Crippen molar-refractivity contribution >= 4 is 5.91 Å². The van der Waals surface area contributed by atoms with Crippen LogP contribution in [0.4, 0.5) is 0 Å². The number of hydrogen-bond acceptors (Lipinski definition) is 2. The molecule has 138 valence electrons. The number of amides is 1. The highest BCUT2D eigenvalue weighted by molar-refractivity contribution is 5.91. The van der Waals surface area contributed by atoms with Crippen LogP contribution in [-0.4, -0.2) is 15.5 Å². The van der Waals surface area contributed by atoms with Gasteiger partial charge in [-0.3, -0.25) is 4.79 Å². The smallest absolute Gasteiger partial charge is 0.246 e. The fourth-order valence-corrected chi connectivity index (χ4v) is 3.09. The maximum absolute atomic E-state index is 11.9. The Hall–Kier alpha value is -3.14. The zero-order valence-electron chi connectivity index (χ0n) is 15.9. The molecule has 3 aromatic rings. The molecule has 0 aliphatic rings. The SMILES string of the molecule is C=C(C)C(=O)NCc1nc(C)n(Cc2ccccc2)c1Cc1ccccc1. The van der Waals surface area contributed by atoms with Crippen LogP contribution in [0, 0.1) is 6.92 Å². The van der Waals surface area contributed by atoms with Crippen LogP contribution >= 0.6 is 0 Å². The van der Waals surface area contributed by atoms with Gasteiger partial charge in [0.05, 0.1) is 12.2 Å². The molecule has 1 amide bonds. The molecular formula is C23H25N3O. The summed E-state index contributed by atoms with van der Waals surface area (Å²) in [6.45, 7) is 8.58. The Labute approximate surface area is 160 Å². The minimum Gasteiger partial charge on any atom is -0.347 e. The van der Waals surface area contributed by atoms with Gasteiger partial charge in [0.2, 0.25) is 5.91 Å². The number of nitrogens with zero attached hydrogens (tertiary/aromatic N) is 2. The highest BCUT2D eigenvalue weighted by Gasteiger charge is 2.16. The van der Waals surface area contributed by atoms with E-state index in [1.54, 1.807) is 6.92 Å². The summed E-state index contributed by atoms with van der Waals surface area (Å²) in [7, 11) is 0. The average Bonchev–Trinajstić information content (AvgIpc) is 2.96. The monoisotopic (exact) mass is 359 g/mol. The number of carbonyl (C=O) groups excluding carboxylic acids is 1. The second-order valence-electron chi connectivity index (χ2n) is 6.75.